The van der Waals surface area contributed by atoms with E-state index >= 15 is 0 Å². The second-order valence-electron chi connectivity index (χ2n) is 7.06. The summed E-state index contributed by atoms with van der Waals surface area (Å²) >= 11 is 3.48. The average molecular weight is 354 g/mol. The van der Waals surface area contributed by atoms with E-state index < -0.39 is 5.54 Å². The van der Waals surface area contributed by atoms with E-state index in [1.165, 1.54) is 7.11 Å². The Morgan fingerprint density at radius 2 is 2.10 bits per heavy atom. The van der Waals surface area contributed by atoms with Crippen LogP contribution in [0.25, 0.3) is 0 Å². The fraction of sp³-hybridized carbons (Fsp3) is 0.588. The average Bonchev–Trinajstić information content (AvgIpc) is 2.35. The summed E-state index contributed by atoms with van der Waals surface area (Å²) in [4.78, 5) is 12.5. The number of rotatable bonds is 3. The molecule has 0 aliphatic heterocycles. The highest BCUT2D eigenvalue weighted by atomic mass is 79.9. The van der Waals surface area contributed by atoms with Crippen molar-refractivity contribution < 1.29 is 9.53 Å². The third kappa shape index (κ3) is 3.79. The van der Waals surface area contributed by atoms with Gasteiger partial charge in [-0.05, 0) is 48.8 Å². The predicted molar refractivity (Wildman–Crippen MR) is 89.3 cm³/mol. The molecule has 4 heteroatoms. The summed E-state index contributed by atoms with van der Waals surface area (Å²) in [6.07, 6.45) is 2.71. The van der Waals surface area contributed by atoms with Crippen molar-refractivity contribution in [1.82, 2.24) is 0 Å². The molecule has 0 heterocycles. The van der Waals surface area contributed by atoms with Crippen molar-refractivity contribution >= 4 is 27.6 Å². The molecule has 116 valence electrons. The van der Waals surface area contributed by atoms with Gasteiger partial charge < -0.3 is 10.1 Å². The molecule has 0 bridgehead atoms. The molecule has 21 heavy (non-hydrogen) atoms. The lowest BCUT2D eigenvalue weighted by atomic mass is 9.64. The normalized spacial score (nSPS) is 28.0. The molecule has 0 amide bonds. The van der Waals surface area contributed by atoms with Gasteiger partial charge in [-0.2, -0.15) is 0 Å². The Kier molecular flexibility index (Phi) is 4.66. The lowest BCUT2D eigenvalue weighted by Gasteiger charge is -2.46. The van der Waals surface area contributed by atoms with Crippen molar-refractivity contribution in [3.8, 4) is 0 Å². The standard InChI is InChI=1S/C17H24BrNO2/c1-12-9-16(2,3)11-17(10-12,15(20)21-4)19-14-7-5-6-13(18)8-14/h5-8,12,19H,9-11H2,1-4H3. The van der Waals surface area contributed by atoms with Gasteiger partial charge in [-0.15, -0.1) is 0 Å². The molecule has 0 saturated heterocycles. The Bertz CT molecular complexity index is 529. The van der Waals surface area contributed by atoms with E-state index in [-0.39, 0.29) is 11.4 Å². The zero-order valence-corrected chi connectivity index (χ0v) is 14.8. The van der Waals surface area contributed by atoms with Crippen LogP contribution in [0.1, 0.15) is 40.0 Å². The third-order valence-corrected chi connectivity index (χ3v) is 4.66. The van der Waals surface area contributed by atoms with Crippen LogP contribution in [-0.4, -0.2) is 18.6 Å². The van der Waals surface area contributed by atoms with E-state index in [1.54, 1.807) is 0 Å². The molecule has 1 aliphatic carbocycles. The van der Waals surface area contributed by atoms with Crippen molar-refractivity contribution in [2.45, 2.75) is 45.6 Å². The number of carbonyl (C=O) groups is 1. The quantitative estimate of drug-likeness (QED) is 0.805. The fourth-order valence-electron chi connectivity index (χ4n) is 3.91. The van der Waals surface area contributed by atoms with E-state index in [0.717, 1.165) is 29.4 Å². The van der Waals surface area contributed by atoms with Crippen LogP contribution in [0, 0.1) is 11.3 Å². The van der Waals surface area contributed by atoms with Crippen LogP contribution in [0.15, 0.2) is 28.7 Å². The first-order valence-electron chi connectivity index (χ1n) is 7.38. The number of ether oxygens (including phenoxy) is 1. The lowest BCUT2D eigenvalue weighted by Crippen LogP contribution is -2.54. The van der Waals surface area contributed by atoms with Gasteiger partial charge in [-0.25, -0.2) is 4.79 Å². The first-order valence-corrected chi connectivity index (χ1v) is 8.18. The highest BCUT2D eigenvalue weighted by Gasteiger charge is 2.48. The van der Waals surface area contributed by atoms with Crippen LogP contribution < -0.4 is 5.32 Å². The van der Waals surface area contributed by atoms with Crippen molar-refractivity contribution in [2.24, 2.45) is 11.3 Å². The number of halogens is 1. The van der Waals surface area contributed by atoms with Gasteiger partial charge in [0.2, 0.25) is 0 Å². The van der Waals surface area contributed by atoms with Crippen LogP contribution in [0.3, 0.4) is 0 Å². The Balaban J connectivity index is 2.35. The number of carbonyl (C=O) groups excluding carboxylic acids is 1. The maximum atomic E-state index is 12.5. The maximum absolute atomic E-state index is 12.5. The molecule has 1 saturated carbocycles. The summed E-state index contributed by atoms with van der Waals surface area (Å²) < 4.78 is 6.12. The topological polar surface area (TPSA) is 38.3 Å². The van der Waals surface area contributed by atoms with Crippen molar-refractivity contribution in [2.75, 3.05) is 12.4 Å². The van der Waals surface area contributed by atoms with E-state index in [9.17, 15) is 4.79 Å². The highest BCUT2D eigenvalue weighted by molar-refractivity contribution is 9.10. The van der Waals surface area contributed by atoms with Crippen LogP contribution in [0.5, 0.6) is 0 Å². The van der Waals surface area contributed by atoms with Crippen molar-refractivity contribution in [1.29, 1.82) is 0 Å². The van der Waals surface area contributed by atoms with Crippen molar-refractivity contribution in [3.05, 3.63) is 28.7 Å². The molecular weight excluding hydrogens is 330 g/mol. The van der Waals surface area contributed by atoms with Crippen LogP contribution in [0.2, 0.25) is 0 Å². The monoisotopic (exact) mass is 353 g/mol. The van der Waals surface area contributed by atoms with Crippen LogP contribution in [0.4, 0.5) is 5.69 Å². The number of esters is 1. The summed E-state index contributed by atoms with van der Waals surface area (Å²) in [6, 6.07) is 7.93. The number of methoxy groups -OCH3 is 1. The van der Waals surface area contributed by atoms with Crippen LogP contribution in [-0.2, 0) is 9.53 Å². The second kappa shape index (κ2) is 5.99. The van der Waals surface area contributed by atoms with Crippen LogP contribution >= 0.6 is 15.9 Å². The molecular formula is C17H24BrNO2. The predicted octanol–water partition coefficient (Wildman–Crippen LogP) is 4.62. The van der Waals surface area contributed by atoms with Gasteiger partial charge in [0.25, 0.3) is 0 Å². The molecule has 1 fully saturated rings. The van der Waals surface area contributed by atoms with E-state index in [1.807, 2.05) is 24.3 Å². The molecule has 0 radical (unpaired) electrons. The van der Waals surface area contributed by atoms with Crippen molar-refractivity contribution in [3.63, 3.8) is 0 Å². The molecule has 1 N–H and O–H groups in total. The Labute approximate surface area is 135 Å². The largest absolute Gasteiger partial charge is 0.467 e. The van der Waals surface area contributed by atoms with E-state index in [0.29, 0.717) is 5.92 Å². The molecule has 3 nitrogen and oxygen atoms in total. The summed E-state index contributed by atoms with van der Waals surface area (Å²) in [6.45, 7) is 6.66. The van der Waals surface area contributed by atoms with Gasteiger partial charge in [0.1, 0.15) is 5.54 Å². The molecule has 0 aromatic heterocycles. The smallest absolute Gasteiger partial charge is 0.331 e. The summed E-state index contributed by atoms with van der Waals surface area (Å²) in [7, 11) is 1.47. The molecule has 1 aliphatic rings. The van der Waals surface area contributed by atoms with Gasteiger partial charge in [0.05, 0.1) is 7.11 Å². The summed E-state index contributed by atoms with van der Waals surface area (Å²) in [5, 5.41) is 3.47. The minimum absolute atomic E-state index is 0.116. The number of nitrogens with one attached hydrogen (secondary N) is 1. The zero-order valence-electron chi connectivity index (χ0n) is 13.2. The SMILES string of the molecule is COC(=O)C1(Nc2cccc(Br)c2)CC(C)CC(C)(C)C1. The maximum Gasteiger partial charge on any atom is 0.331 e. The second-order valence-corrected chi connectivity index (χ2v) is 7.98. The highest BCUT2D eigenvalue weighted by Crippen LogP contribution is 2.46. The van der Waals surface area contributed by atoms with E-state index in [2.05, 4.69) is 42.0 Å². The van der Waals surface area contributed by atoms with E-state index in [4.69, 9.17) is 4.74 Å². The van der Waals surface area contributed by atoms with Gasteiger partial charge in [0.15, 0.2) is 0 Å². The molecule has 1 aromatic carbocycles. The van der Waals surface area contributed by atoms with Gasteiger partial charge in [0, 0.05) is 10.2 Å². The zero-order chi connectivity index (χ0) is 15.7. The number of benzene rings is 1. The minimum Gasteiger partial charge on any atom is -0.467 e. The first-order chi connectivity index (χ1) is 9.76. The summed E-state index contributed by atoms with van der Waals surface area (Å²) in [5.74, 6) is 0.314. The third-order valence-electron chi connectivity index (χ3n) is 4.16. The fourth-order valence-corrected chi connectivity index (χ4v) is 4.31. The molecule has 0 spiro atoms. The van der Waals surface area contributed by atoms with Gasteiger partial charge in [-0.1, -0.05) is 42.8 Å². The molecule has 2 unspecified atom stereocenters. The van der Waals surface area contributed by atoms with Gasteiger partial charge in [-0.3, -0.25) is 0 Å². The molecule has 1 aromatic rings. The van der Waals surface area contributed by atoms with Gasteiger partial charge >= 0.3 is 5.97 Å². The lowest BCUT2D eigenvalue weighted by molar-refractivity contribution is -0.149. The Morgan fingerprint density at radius 1 is 1.38 bits per heavy atom. The number of hydrogen-bond acceptors (Lipinski definition) is 3. The molecule has 2 atom stereocenters. The Hall–Kier alpha value is -1.03. The summed E-state index contributed by atoms with van der Waals surface area (Å²) in [5.41, 5.74) is 0.418. The molecule has 2 rings (SSSR count). The first kappa shape index (κ1) is 16.3. The number of anilines is 1. The number of hydrogen-bond donors (Lipinski definition) is 1. The Morgan fingerprint density at radius 3 is 2.67 bits per heavy atom. The minimum atomic E-state index is -0.642.